The molecule has 1 aromatic carbocycles. The predicted octanol–water partition coefficient (Wildman–Crippen LogP) is 3.87. The molecule has 15 heavy (non-hydrogen) atoms. The van der Waals surface area contributed by atoms with Crippen molar-refractivity contribution in [3.63, 3.8) is 0 Å². The standard InChI is InChI=1S/C15H18/c1-4-7-13-10-11-14(8-5-2)15(12-13)9-6-3/h4-6,10-12H,1-3,7-9H2. The molecule has 0 amide bonds. The molecule has 78 valence electrons. The summed E-state index contributed by atoms with van der Waals surface area (Å²) in [5.74, 6) is 0. The predicted molar refractivity (Wildman–Crippen MR) is 68.1 cm³/mol. The summed E-state index contributed by atoms with van der Waals surface area (Å²) >= 11 is 0. The van der Waals surface area contributed by atoms with E-state index in [0.29, 0.717) is 0 Å². The highest BCUT2D eigenvalue weighted by Gasteiger charge is 2.00. The number of benzene rings is 1. The Balaban J connectivity index is 3.01. The third-order valence-corrected chi connectivity index (χ3v) is 2.38. The highest BCUT2D eigenvalue weighted by Crippen LogP contribution is 2.15. The van der Waals surface area contributed by atoms with Gasteiger partial charge >= 0.3 is 0 Å². The zero-order valence-electron chi connectivity index (χ0n) is 9.21. The van der Waals surface area contributed by atoms with Gasteiger partial charge in [0.15, 0.2) is 0 Å². The summed E-state index contributed by atoms with van der Waals surface area (Å²) in [5, 5.41) is 0. The van der Waals surface area contributed by atoms with Crippen LogP contribution >= 0.6 is 0 Å². The SMILES string of the molecule is C=CCc1ccc(CC=C)c(CC=C)c1. The molecule has 0 aliphatic rings. The Labute approximate surface area is 92.6 Å². The summed E-state index contributed by atoms with van der Waals surface area (Å²) in [6, 6.07) is 6.58. The Morgan fingerprint density at radius 2 is 1.40 bits per heavy atom. The van der Waals surface area contributed by atoms with E-state index >= 15 is 0 Å². The van der Waals surface area contributed by atoms with Crippen LogP contribution in [0, 0.1) is 0 Å². The van der Waals surface area contributed by atoms with Gasteiger partial charge in [0.1, 0.15) is 0 Å². The van der Waals surface area contributed by atoms with Crippen LogP contribution in [0.3, 0.4) is 0 Å². The van der Waals surface area contributed by atoms with Gasteiger partial charge in [0, 0.05) is 0 Å². The van der Waals surface area contributed by atoms with E-state index in [1.54, 1.807) is 0 Å². The first-order chi connectivity index (χ1) is 7.31. The van der Waals surface area contributed by atoms with Crippen LogP contribution < -0.4 is 0 Å². The van der Waals surface area contributed by atoms with Crippen molar-refractivity contribution in [2.24, 2.45) is 0 Å². The molecule has 1 aromatic rings. The molecule has 0 unspecified atom stereocenters. The molecule has 0 fully saturated rings. The van der Waals surface area contributed by atoms with Gasteiger partial charge in [0.25, 0.3) is 0 Å². The fraction of sp³-hybridized carbons (Fsp3) is 0.200. The second-order valence-electron chi connectivity index (χ2n) is 3.58. The minimum atomic E-state index is 0.925. The Morgan fingerprint density at radius 1 is 0.800 bits per heavy atom. The van der Waals surface area contributed by atoms with Crippen LogP contribution in [0.2, 0.25) is 0 Å². The minimum Gasteiger partial charge on any atom is -0.103 e. The zero-order chi connectivity index (χ0) is 11.1. The third kappa shape index (κ3) is 3.25. The molecule has 0 aromatic heterocycles. The van der Waals surface area contributed by atoms with Crippen molar-refractivity contribution in [3.8, 4) is 0 Å². The molecule has 0 radical (unpaired) electrons. The third-order valence-electron chi connectivity index (χ3n) is 2.38. The van der Waals surface area contributed by atoms with Crippen molar-refractivity contribution in [1.82, 2.24) is 0 Å². The molecule has 0 saturated heterocycles. The van der Waals surface area contributed by atoms with E-state index in [4.69, 9.17) is 0 Å². The maximum Gasteiger partial charge on any atom is -0.00972 e. The van der Waals surface area contributed by atoms with Crippen LogP contribution in [-0.2, 0) is 19.3 Å². The van der Waals surface area contributed by atoms with Gasteiger partial charge in [-0.05, 0) is 36.0 Å². The van der Waals surface area contributed by atoms with Crippen LogP contribution in [0.15, 0.2) is 56.2 Å². The van der Waals surface area contributed by atoms with Crippen LogP contribution in [0.5, 0.6) is 0 Å². The zero-order valence-corrected chi connectivity index (χ0v) is 9.21. The Morgan fingerprint density at radius 3 is 2.00 bits per heavy atom. The lowest BCUT2D eigenvalue weighted by Gasteiger charge is -2.08. The fourth-order valence-corrected chi connectivity index (χ4v) is 1.67. The van der Waals surface area contributed by atoms with Crippen molar-refractivity contribution < 1.29 is 0 Å². The average Bonchev–Trinajstić information content (AvgIpc) is 2.23. The second kappa shape index (κ2) is 6.02. The van der Waals surface area contributed by atoms with Crippen molar-refractivity contribution in [1.29, 1.82) is 0 Å². The Hall–Kier alpha value is -1.56. The molecule has 0 bridgehead atoms. The van der Waals surface area contributed by atoms with E-state index in [-0.39, 0.29) is 0 Å². The van der Waals surface area contributed by atoms with Gasteiger partial charge < -0.3 is 0 Å². The quantitative estimate of drug-likeness (QED) is 0.609. The highest BCUT2D eigenvalue weighted by molar-refractivity contribution is 5.35. The van der Waals surface area contributed by atoms with Crippen LogP contribution in [0.25, 0.3) is 0 Å². The van der Waals surface area contributed by atoms with Crippen molar-refractivity contribution in [3.05, 3.63) is 72.9 Å². The van der Waals surface area contributed by atoms with Crippen molar-refractivity contribution >= 4 is 0 Å². The largest absolute Gasteiger partial charge is 0.103 e. The lowest BCUT2D eigenvalue weighted by molar-refractivity contribution is 1.12. The monoisotopic (exact) mass is 198 g/mol. The lowest BCUT2D eigenvalue weighted by atomic mass is 9.98. The molecule has 0 heterocycles. The maximum absolute atomic E-state index is 3.79. The van der Waals surface area contributed by atoms with Gasteiger partial charge in [0.05, 0.1) is 0 Å². The molecule has 1 rings (SSSR count). The van der Waals surface area contributed by atoms with Gasteiger partial charge in [-0.15, -0.1) is 19.7 Å². The number of hydrogen-bond donors (Lipinski definition) is 0. The Bertz CT molecular complexity index is 358. The molecule has 0 aliphatic heterocycles. The molecule has 0 spiro atoms. The molecule has 0 nitrogen and oxygen atoms in total. The first-order valence-electron chi connectivity index (χ1n) is 5.25. The van der Waals surface area contributed by atoms with Gasteiger partial charge in [-0.25, -0.2) is 0 Å². The molecule has 0 saturated carbocycles. The van der Waals surface area contributed by atoms with Gasteiger partial charge in [-0.1, -0.05) is 36.4 Å². The number of allylic oxidation sites excluding steroid dienone is 3. The van der Waals surface area contributed by atoms with E-state index in [2.05, 4.69) is 37.9 Å². The van der Waals surface area contributed by atoms with Gasteiger partial charge in [0.2, 0.25) is 0 Å². The molecular formula is C15H18. The summed E-state index contributed by atoms with van der Waals surface area (Å²) in [4.78, 5) is 0. The first-order valence-corrected chi connectivity index (χ1v) is 5.25. The fourth-order valence-electron chi connectivity index (χ4n) is 1.67. The van der Waals surface area contributed by atoms with Crippen molar-refractivity contribution in [2.45, 2.75) is 19.3 Å². The van der Waals surface area contributed by atoms with Gasteiger partial charge in [-0.2, -0.15) is 0 Å². The van der Waals surface area contributed by atoms with Crippen LogP contribution in [-0.4, -0.2) is 0 Å². The summed E-state index contributed by atoms with van der Waals surface area (Å²) in [5.41, 5.74) is 4.01. The van der Waals surface area contributed by atoms with Gasteiger partial charge in [-0.3, -0.25) is 0 Å². The smallest absolute Gasteiger partial charge is 0.00972 e. The number of rotatable bonds is 6. The molecular weight excluding hydrogens is 180 g/mol. The first kappa shape index (κ1) is 11.5. The summed E-state index contributed by atoms with van der Waals surface area (Å²) in [6.45, 7) is 11.3. The van der Waals surface area contributed by atoms with E-state index in [0.717, 1.165) is 19.3 Å². The average molecular weight is 198 g/mol. The molecule has 0 heteroatoms. The lowest BCUT2D eigenvalue weighted by Crippen LogP contribution is -1.94. The highest BCUT2D eigenvalue weighted by atomic mass is 14.1. The minimum absolute atomic E-state index is 0.925. The molecule has 0 atom stereocenters. The normalized spacial score (nSPS) is 9.60. The molecule has 0 N–H and O–H groups in total. The van der Waals surface area contributed by atoms with Crippen molar-refractivity contribution in [2.75, 3.05) is 0 Å². The molecule has 0 aliphatic carbocycles. The maximum atomic E-state index is 3.79. The van der Waals surface area contributed by atoms with E-state index in [1.807, 2.05) is 18.2 Å². The second-order valence-corrected chi connectivity index (χ2v) is 3.58. The number of hydrogen-bond acceptors (Lipinski definition) is 0. The summed E-state index contributed by atoms with van der Waals surface area (Å²) in [7, 11) is 0. The summed E-state index contributed by atoms with van der Waals surface area (Å²) < 4.78 is 0. The van der Waals surface area contributed by atoms with Crippen LogP contribution in [0.4, 0.5) is 0 Å². The van der Waals surface area contributed by atoms with E-state index in [1.165, 1.54) is 16.7 Å². The topological polar surface area (TPSA) is 0 Å². The van der Waals surface area contributed by atoms with Crippen LogP contribution in [0.1, 0.15) is 16.7 Å². The van der Waals surface area contributed by atoms with E-state index in [9.17, 15) is 0 Å². The summed E-state index contributed by atoms with van der Waals surface area (Å²) in [6.07, 6.45) is 8.60. The van der Waals surface area contributed by atoms with E-state index < -0.39 is 0 Å². The Kier molecular flexibility index (Phi) is 4.62.